The maximum atomic E-state index is 9.10. The monoisotopic (exact) mass is 212 g/mol. The van der Waals surface area contributed by atoms with Crippen molar-refractivity contribution < 1.29 is 5.11 Å². The summed E-state index contributed by atoms with van der Waals surface area (Å²) in [5.41, 5.74) is 0.956. The molecular formula is C10H9ClOS. The van der Waals surface area contributed by atoms with Crippen LogP contribution in [0.1, 0.15) is 10.4 Å². The maximum Gasteiger partial charge on any atom is 0.0695 e. The smallest absolute Gasteiger partial charge is 0.0695 e. The molecule has 1 aromatic heterocycles. The van der Waals surface area contributed by atoms with Gasteiger partial charge in [-0.2, -0.15) is 0 Å². The molecule has 0 aliphatic heterocycles. The first-order valence-electron chi connectivity index (χ1n) is 4.01. The zero-order chi connectivity index (χ0) is 9.42. The molecule has 2 aromatic rings. The SMILES string of the molecule is Cc1cc2c(Cl)ccc(CO)c2s1. The second-order valence-electron chi connectivity index (χ2n) is 2.96. The van der Waals surface area contributed by atoms with E-state index in [2.05, 4.69) is 6.07 Å². The Kier molecular flexibility index (Phi) is 2.28. The number of fused-ring (bicyclic) bond motifs is 1. The Hall–Kier alpha value is -0.570. The van der Waals surface area contributed by atoms with E-state index in [1.807, 2.05) is 19.1 Å². The van der Waals surface area contributed by atoms with Crippen LogP contribution >= 0.6 is 22.9 Å². The summed E-state index contributed by atoms with van der Waals surface area (Å²) in [4.78, 5) is 1.22. The van der Waals surface area contributed by atoms with E-state index in [1.165, 1.54) is 4.88 Å². The van der Waals surface area contributed by atoms with Crippen LogP contribution in [0.25, 0.3) is 10.1 Å². The topological polar surface area (TPSA) is 20.2 Å². The van der Waals surface area contributed by atoms with Crippen LogP contribution in [0.5, 0.6) is 0 Å². The van der Waals surface area contributed by atoms with Gasteiger partial charge in [-0.05, 0) is 24.6 Å². The highest BCUT2D eigenvalue weighted by atomic mass is 35.5. The van der Waals surface area contributed by atoms with Crippen molar-refractivity contribution in [2.24, 2.45) is 0 Å². The van der Waals surface area contributed by atoms with Crippen molar-refractivity contribution in [2.75, 3.05) is 0 Å². The average Bonchev–Trinajstić information content (AvgIpc) is 2.48. The first-order valence-corrected chi connectivity index (χ1v) is 5.20. The summed E-state index contributed by atoms with van der Waals surface area (Å²) in [7, 11) is 0. The number of aryl methyl sites for hydroxylation is 1. The van der Waals surface area contributed by atoms with Crippen LogP contribution in [0.2, 0.25) is 5.02 Å². The third-order valence-corrected chi connectivity index (χ3v) is 3.46. The lowest BCUT2D eigenvalue weighted by Gasteiger charge is -1.99. The summed E-state index contributed by atoms with van der Waals surface area (Å²) in [6.07, 6.45) is 0. The number of hydrogen-bond acceptors (Lipinski definition) is 2. The molecular weight excluding hydrogens is 204 g/mol. The molecule has 0 atom stereocenters. The molecule has 0 bridgehead atoms. The van der Waals surface area contributed by atoms with E-state index in [0.29, 0.717) is 0 Å². The molecule has 0 aliphatic carbocycles. The van der Waals surface area contributed by atoms with Gasteiger partial charge in [0.2, 0.25) is 0 Å². The van der Waals surface area contributed by atoms with Crippen LogP contribution in [0.15, 0.2) is 18.2 Å². The minimum absolute atomic E-state index is 0.0770. The summed E-state index contributed by atoms with van der Waals surface area (Å²) in [6, 6.07) is 5.77. The van der Waals surface area contributed by atoms with E-state index in [0.717, 1.165) is 20.7 Å². The van der Waals surface area contributed by atoms with Crippen molar-refractivity contribution in [2.45, 2.75) is 13.5 Å². The van der Waals surface area contributed by atoms with Crippen molar-refractivity contribution in [3.63, 3.8) is 0 Å². The Balaban J connectivity index is 2.83. The van der Waals surface area contributed by atoms with Crippen molar-refractivity contribution >= 4 is 33.0 Å². The lowest BCUT2D eigenvalue weighted by atomic mass is 10.2. The van der Waals surface area contributed by atoms with E-state index in [-0.39, 0.29) is 6.61 Å². The number of benzene rings is 1. The summed E-state index contributed by atoms with van der Waals surface area (Å²) < 4.78 is 1.10. The molecule has 1 nitrogen and oxygen atoms in total. The molecule has 2 rings (SSSR count). The molecule has 0 unspecified atom stereocenters. The highest BCUT2D eigenvalue weighted by Gasteiger charge is 2.06. The number of aliphatic hydroxyl groups excluding tert-OH is 1. The maximum absolute atomic E-state index is 9.10. The van der Waals surface area contributed by atoms with Crippen molar-refractivity contribution in [1.29, 1.82) is 0 Å². The Labute approximate surface area is 85.6 Å². The highest BCUT2D eigenvalue weighted by molar-refractivity contribution is 7.19. The summed E-state index contributed by atoms with van der Waals surface area (Å²) in [6.45, 7) is 2.12. The second kappa shape index (κ2) is 3.29. The summed E-state index contributed by atoms with van der Waals surface area (Å²) in [5, 5.41) is 10.9. The first kappa shape index (κ1) is 9.00. The molecule has 13 heavy (non-hydrogen) atoms. The fourth-order valence-corrected chi connectivity index (χ4v) is 2.70. The van der Waals surface area contributed by atoms with Crippen LogP contribution in [-0.2, 0) is 6.61 Å². The van der Waals surface area contributed by atoms with E-state index >= 15 is 0 Å². The van der Waals surface area contributed by atoms with E-state index in [1.54, 1.807) is 11.3 Å². The predicted molar refractivity (Wildman–Crippen MR) is 57.5 cm³/mol. The van der Waals surface area contributed by atoms with Gasteiger partial charge in [0.1, 0.15) is 0 Å². The molecule has 0 radical (unpaired) electrons. The van der Waals surface area contributed by atoms with Crippen LogP contribution in [0.4, 0.5) is 0 Å². The quantitative estimate of drug-likeness (QED) is 0.769. The van der Waals surface area contributed by atoms with Gasteiger partial charge in [0.25, 0.3) is 0 Å². The molecule has 0 saturated carbocycles. The van der Waals surface area contributed by atoms with Crippen LogP contribution in [0.3, 0.4) is 0 Å². The van der Waals surface area contributed by atoms with Gasteiger partial charge in [-0.3, -0.25) is 0 Å². The Morgan fingerprint density at radius 3 is 2.92 bits per heavy atom. The third kappa shape index (κ3) is 1.46. The molecule has 0 spiro atoms. The molecule has 0 aliphatic rings. The lowest BCUT2D eigenvalue weighted by Crippen LogP contribution is -1.81. The molecule has 0 saturated heterocycles. The van der Waals surface area contributed by atoms with Gasteiger partial charge in [0, 0.05) is 20.0 Å². The standard InChI is InChI=1S/C10H9ClOS/c1-6-4-8-9(11)3-2-7(5-12)10(8)13-6/h2-4,12H,5H2,1H3. The van der Waals surface area contributed by atoms with Crippen LogP contribution in [-0.4, -0.2) is 5.11 Å². The summed E-state index contributed by atoms with van der Waals surface area (Å²) >= 11 is 7.70. The second-order valence-corrected chi connectivity index (χ2v) is 4.63. The molecule has 3 heteroatoms. The molecule has 0 amide bonds. The third-order valence-electron chi connectivity index (χ3n) is 2.01. The van der Waals surface area contributed by atoms with Crippen molar-refractivity contribution in [3.05, 3.63) is 33.7 Å². The zero-order valence-corrected chi connectivity index (χ0v) is 8.75. The highest BCUT2D eigenvalue weighted by Crippen LogP contribution is 2.33. The van der Waals surface area contributed by atoms with Crippen LogP contribution < -0.4 is 0 Å². The fourth-order valence-electron chi connectivity index (χ4n) is 1.39. The average molecular weight is 213 g/mol. The minimum Gasteiger partial charge on any atom is -0.392 e. The Morgan fingerprint density at radius 1 is 1.46 bits per heavy atom. The number of hydrogen-bond donors (Lipinski definition) is 1. The molecule has 1 aromatic carbocycles. The first-order chi connectivity index (χ1) is 6.22. The van der Waals surface area contributed by atoms with Gasteiger partial charge in [0.05, 0.1) is 6.61 Å². The molecule has 68 valence electrons. The largest absolute Gasteiger partial charge is 0.392 e. The van der Waals surface area contributed by atoms with E-state index in [4.69, 9.17) is 16.7 Å². The van der Waals surface area contributed by atoms with Crippen LogP contribution in [0, 0.1) is 6.92 Å². The van der Waals surface area contributed by atoms with Gasteiger partial charge in [-0.25, -0.2) is 0 Å². The lowest BCUT2D eigenvalue weighted by molar-refractivity contribution is 0.283. The molecule has 0 fully saturated rings. The Morgan fingerprint density at radius 2 is 2.23 bits per heavy atom. The molecule has 1 N–H and O–H groups in total. The normalized spacial score (nSPS) is 11.0. The Bertz CT molecular complexity index is 447. The van der Waals surface area contributed by atoms with Gasteiger partial charge in [-0.1, -0.05) is 17.7 Å². The molecule has 1 heterocycles. The fraction of sp³-hybridized carbons (Fsp3) is 0.200. The predicted octanol–water partition coefficient (Wildman–Crippen LogP) is 3.36. The number of halogens is 1. The number of thiophene rings is 1. The van der Waals surface area contributed by atoms with Gasteiger partial charge >= 0.3 is 0 Å². The van der Waals surface area contributed by atoms with E-state index in [9.17, 15) is 0 Å². The summed E-state index contributed by atoms with van der Waals surface area (Å²) in [5.74, 6) is 0. The van der Waals surface area contributed by atoms with Crippen molar-refractivity contribution in [3.8, 4) is 0 Å². The van der Waals surface area contributed by atoms with Crippen molar-refractivity contribution in [1.82, 2.24) is 0 Å². The van der Waals surface area contributed by atoms with Gasteiger partial charge in [0.15, 0.2) is 0 Å². The van der Waals surface area contributed by atoms with Gasteiger partial charge in [-0.15, -0.1) is 11.3 Å². The van der Waals surface area contributed by atoms with E-state index < -0.39 is 0 Å². The number of rotatable bonds is 1. The number of aliphatic hydroxyl groups is 1. The van der Waals surface area contributed by atoms with Gasteiger partial charge < -0.3 is 5.11 Å². The zero-order valence-electron chi connectivity index (χ0n) is 7.17. The minimum atomic E-state index is 0.0770.